The molecule has 1 unspecified atom stereocenters. The van der Waals surface area contributed by atoms with Crippen LogP contribution in [0.5, 0.6) is 11.5 Å². The molecule has 0 aromatic heterocycles. The summed E-state index contributed by atoms with van der Waals surface area (Å²) in [7, 11) is 0. The molecule has 0 saturated heterocycles. The van der Waals surface area contributed by atoms with E-state index >= 15 is 0 Å². The van der Waals surface area contributed by atoms with Gasteiger partial charge in [-0.2, -0.15) is 13.2 Å². The Kier molecular flexibility index (Phi) is 4.62. The number of aromatic hydroxyl groups is 2. The van der Waals surface area contributed by atoms with Gasteiger partial charge in [0.2, 0.25) is 0 Å². The van der Waals surface area contributed by atoms with E-state index in [4.69, 9.17) is 5.11 Å². The first-order valence-corrected chi connectivity index (χ1v) is 5.77. The number of halogens is 7. The van der Waals surface area contributed by atoms with E-state index in [0.717, 1.165) is 12.1 Å². The SMILES string of the molecule is Oc1ccc(SC(F)(F)C(F)(Cl)OC(F)(F)F)c(O)c1. The molecule has 0 amide bonds. The van der Waals surface area contributed by atoms with Gasteiger partial charge in [-0.3, -0.25) is 0 Å². The van der Waals surface area contributed by atoms with E-state index in [2.05, 4.69) is 16.3 Å². The molecule has 0 spiro atoms. The summed E-state index contributed by atoms with van der Waals surface area (Å²) in [6.45, 7) is 0. The lowest BCUT2D eigenvalue weighted by molar-refractivity contribution is -0.391. The number of rotatable bonds is 4. The normalized spacial score (nSPS) is 15.9. The number of ether oxygens (including phenoxy) is 1. The van der Waals surface area contributed by atoms with Crippen LogP contribution in [0.4, 0.5) is 26.3 Å². The molecule has 1 rings (SSSR count). The van der Waals surface area contributed by atoms with Gasteiger partial charge < -0.3 is 10.2 Å². The van der Waals surface area contributed by atoms with Crippen LogP contribution >= 0.6 is 23.4 Å². The van der Waals surface area contributed by atoms with Crippen molar-refractivity contribution in [2.75, 3.05) is 0 Å². The molecule has 1 atom stereocenters. The lowest BCUT2D eigenvalue weighted by Crippen LogP contribution is -2.43. The van der Waals surface area contributed by atoms with E-state index in [1.54, 1.807) is 0 Å². The zero-order chi connectivity index (χ0) is 15.8. The molecule has 2 N–H and O–H groups in total. The van der Waals surface area contributed by atoms with Crippen molar-refractivity contribution < 1.29 is 41.3 Å². The topological polar surface area (TPSA) is 49.7 Å². The summed E-state index contributed by atoms with van der Waals surface area (Å²) in [5, 5.41) is 8.38. The minimum absolute atomic E-state index is 0.487. The monoisotopic (exact) mass is 342 g/mol. The molecule has 0 aliphatic heterocycles. The maximum atomic E-state index is 13.4. The number of phenols is 2. The molecule has 0 heterocycles. The van der Waals surface area contributed by atoms with Crippen molar-refractivity contribution in [3.63, 3.8) is 0 Å². The van der Waals surface area contributed by atoms with Crippen molar-refractivity contribution in [2.24, 2.45) is 0 Å². The van der Waals surface area contributed by atoms with Crippen LogP contribution in [0.2, 0.25) is 0 Å². The Hall–Kier alpha value is -1.00. The van der Waals surface area contributed by atoms with Gasteiger partial charge in [-0.1, -0.05) is 0 Å². The van der Waals surface area contributed by atoms with E-state index in [1.807, 2.05) is 0 Å². The lowest BCUT2D eigenvalue weighted by Gasteiger charge is -2.27. The van der Waals surface area contributed by atoms with E-state index in [0.29, 0.717) is 6.07 Å². The van der Waals surface area contributed by atoms with Crippen LogP contribution in [0.15, 0.2) is 23.1 Å². The fourth-order valence-electron chi connectivity index (χ4n) is 0.994. The number of hydrogen-bond acceptors (Lipinski definition) is 4. The van der Waals surface area contributed by atoms with E-state index in [-0.39, 0.29) is 0 Å². The molecule has 0 aliphatic carbocycles. The second-order valence-corrected chi connectivity index (χ2v) is 4.98. The Bertz CT molecular complexity index is 493. The van der Waals surface area contributed by atoms with Crippen LogP contribution in [0, 0.1) is 0 Å². The van der Waals surface area contributed by atoms with Crippen LogP contribution in [0.3, 0.4) is 0 Å². The van der Waals surface area contributed by atoms with Gasteiger partial charge in [0.1, 0.15) is 11.5 Å². The Morgan fingerprint density at radius 2 is 1.60 bits per heavy atom. The maximum absolute atomic E-state index is 13.4. The molecule has 0 fully saturated rings. The number of phenolic OH excluding ortho intramolecular Hbond substituents is 2. The first-order chi connectivity index (χ1) is 8.84. The zero-order valence-electron chi connectivity index (χ0n) is 9.09. The molecule has 20 heavy (non-hydrogen) atoms. The summed E-state index contributed by atoms with van der Waals surface area (Å²) in [5.74, 6) is -1.38. The van der Waals surface area contributed by atoms with E-state index < -0.39 is 45.1 Å². The zero-order valence-corrected chi connectivity index (χ0v) is 10.7. The highest BCUT2D eigenvalue weighted by Gasteiger charge is 2.61. The fraction of sp³-hybridized carbons (Fsp3) is 0.333. The Labute approximate surface area is 117 Å². The molecule has 1 aromatic rings. The van der Waals surface area contributed by atoms with Crippen LogP contribution in [-0.4, -0.2) is 27.1 Å². The average molecular weight is 343 g/mol. The average Bonchev–Trinajstić information content (AvgIpc) is 2.18. The second-order valence-electron chi connectivity index (χ2n) is 3.34. The lowest BCUT2D eigenvalue weighted by atomic mass is 10.3. The predicted octanol–water partition coefficient (Wildman–Crippen LogP) is 4.18. The summed E-state index contributed by atoms with van der Waals surface area (Å²) in [4.78, 5) is -0.707. The van der Waals surface area contributed by atoms with Gasteiger partial charge in [0.25, 0.3) is 0 Å². The second kappa shape index (κ2) is 5.41. The summed E-state index contributed by atoms with van der Waals surface area (Å²) in [6.07, 6.45) is -5.72. The van der Waals surface area contributed by atoms with E-state index in [9.17, 15) is 31.4 Å². The summed E-state index contributed by atoms with van der Waals surface area (Å²) in [6, 6.07) is 2.23. The molecule has 0 aliphatic rings. The number of thioether (sulfide) groups is 1. The van der Waals surface area contributed by atoms with Crippen LogP contribution < -0.4 is 0 Å². The summed E-state index contributed by atoms with van der Waals surface area (Å²) >= 11 is 3.64. The Morgan fingerprint density at radius 1 is 1.05 bits per heavy atom. The molecule has 114 valence electrons. The standard InChI is InChI=1S/C9H5ClF6O3S/c10-7(11,19-9(14,15)16)8(12,13)20-6-2-1-4(17)3-5(6)18/h1-3,17-18H. The first kappa shape index (κ1) is 17.1. The maximum Gasteiger partial charge on any atom is 0.526 e. The van der Waals surface area contributed by atoms with Crippen molar-refractivity contribution >= 4 is 23.4 Å². The highest BCUT2D eigenvalue weighted by Crippen LogP contribution is 2.52. The molecular formula is C9H5ClF6O3S. The van der Waals surface area contributed by atoms with Gasteiger partial charge in [0.05, 0.1) is 4.90 Å². The summed E-state index contributed by atoms with van der Waals surface area (Å²) in [5.41, 5.74) is 0. The third kappa shape index (κ3) is 4.25. The Morgan fingerprint density at radius 3 is 2.05 bits per heavy atom. The molecule has 11 heteroatoms. The minimum atomic E-state index is -5.72. The van der Waals surface area contributed by atoms with E-state index in [1.165, 1.54) is 0 Å². The molecule has 0 saturated carbocycles. The van der Waals surface area contributed by atoms with Crippen molar-refractivity contribution in [2.45, 2.75) is 21.8 Å². The van der Waals surface area contributed by atoms with Crippen molar-refractivity contribution in [1.29, 1.82) is 0 Å². The van der Waals surface area contributed by atoms with Crippen molar-refractivity contribution in [3.05, 3.63) is 18.2 Å². The molecular weight excluding hydrogens is 338 g/mol. The fourth-order valence-corrected chi connectivity index (χ4v) is 1.93. The van der Waals surface area contributed by atoms with Gasteiger partial charge in [-0.15, -0.1) is 13.2 Å². The Balaban J connectivity index is 2.98. The number of benzene rings is 1. The van der Waals surface area contributed by atoms with Gasteiger partial charge in [0.15, 0.2) is 0 Å². The van der Waals surface area contributed by atoms with Gasteiger partial charge in [-0.05, 0) is 35.5 Å². The van der Waals surface area contributed by atoms with Crippen LogP contribution in [0.1, 0.15) is 0 Å². The van der Waals surface area contributed by atoms with Gasteiger partial charge in [0, 0.05) is 6.07 Å². The molecule has 3 nitrogen and oxygen atoms in total. The number of alkyl halides is 7. The van der Waals surface area contributed by atoms with Crippen LogP contribution in [0.25, 0.3) is 0 Å². The summed E-state index contributed by atoms with van der Waals surface area (Å²) < 4.78 is 77.8. The highest BCUT2D eigenvalue weighted by atomic mass is 35.5. The van der Waals surface area contributed by atoms with Crippen molar-refractivity contribution in [1.82, 2.24) is 0 Å². The smallest absolute Gasteiger partial charge is 0.508 e. The molecule has 0 bridgehead atoms. The quantitative estimate of drug-likeness (QED) is 0.489. The number of hydrogen-bond donors (Lipinski definition) is 2. The van der Waals surface area contributed by atoms with Gasteiger partial charge in [-0.25, -0.2) is 4.74 Å². The first-order valence-electron chi connectivity index (χ1n) is 4.57. The van der Waals surface area contributed by atoms with Gasteiger partial charge >= 0.3 is 16.9 Å². The van der Waals surface area contributed by atoms with Crippen LogP contribution in [-0.2, 0) is 4.74 Å². The third-order valence-electron chi connectivity index (χ3n) is 1.76. The largest absolute Gasteiger partial charge is 0.526 e. The predicted molar refractivity (Wildman–Crippen MR) is 57.4 cm³/mol. The molecule has 1 aromatic carbocycles. The van der Waals surface area contributed by atoms with Crippen molar-refractivity contribution in [3.8, 4) is 11.5 Å². The highest BCUT2D eigenvalue weighted by molar-refractivity contribution is 8.00. The minimum Gasteiger partial charge on any atom is -0.508 e. The molecule has 0 radical (unpaired) electrons. The third-order valence-corrected chi connectivity index (χ3v) is 3.27.